The minimum Gasteiger partial charge on any atom is -0.383 e. The average molecular weight is 607 g/mol. The number of nitrogen functional groups attached to an aromatic ring is 1. The predicted molar refractivity (Wildman–Crippen MR) is 161 cm³/mol. The van der Waals surface area contributed by atoms with Crippen molar-refractivity contribution in [3.8, 4) is 16.9 Å². The number of pyridine rings is 3. The van der Waals surface area contributed by atoms with Crippen molar-refractivity contribution in [2.24, 2.45) is 0 Å². The first-order valence-electron chi connectivity index (χ1n) is 13.5. The van der Waals surface area contributed by atoms with E-state index in [0.29, 0.717) is 25.2 Å². The summed E-state index contributed by atoms with van der Waals surface area (Å²) in [5, 5.41) is -0.174. The van der Waals surface area contributed by atoms with Gasteiger partial charge in [-0.2, -0.15) is 4.98 Å². The number of sulfone groups is 1. The number of halogens is 1. The fourth-order valence-corrected chi connectivity index (χ4v) is 6.16. The van der Waals surface area contributed by atoms with E-state index in [0.717, 1.165) is 10.8 Å². The molecule has 0 bridgehead atoms. The molecule has 4 aromatic rings. The third-order valence-electron chi connectivity index (χ3n) is 7.40. The summed E-state index contributed by atoms with van der Waals surface area (Å²) in [5.74, 6) is -1.02. The highest BCUT2D eigenvalue weighted by Gasteiger charge is 2.32. The monoisotopic (exact) mass is 606 g/mol. The summed E-state index contributed by atoms with van der Waals surface area (Å²) in [6.07, 6.45) is 5.06. The molecule has 1 aliphatic rings. The van der Waals surface area contributed by atoms with Crippen LogP contribution in [0.4, 0.5) is 16.0 Å². The zero-order valence-electron chi connectivity index (χ0n) is 24.2. The molecular formula is C29H31FN8O4S. The van der Waals surface area contributed by atoms with Crippen molar-refractivity contribution < 1.29 is 17.6 Å². The second kappa shape index (κ2) is 11.2. The minimum absolute atomic E-state index is 0.00675. The maximum absolute atomic E-state index is 15.9. The largest absolute Gasteiger partial charge is 0.383 e. The number of carbonyl (C=O) groups excluding carboxylic acids is 1. The van der Waals surface area contributed by atoms with Crippen molar-refractivity contribution in [3.05, 3.63) is 71.2 Å². The second-order valence-corrected chi connectivity index (χ2v) is 12.6. The van der Waals surface area contributed by atoms with E-state index in [2.05, 4.69) is 26.5 Å². The Balaban J connectivity index is 1.88. The van der Waals surface area contributed by atoms with Crippen molar-refractivity contribution in [2.45, 2.75) is 37.8 Å². The van der Waals surface area contributed by atoms with Crippen molar-refractivity contribution in [1.29, 1.82) is 0 Å². The van der Waals surface area contributed by atoms with Crippen LogP contribution in [0.1, 0.15) is 32.3 Å². The molecule has 1 saturated heterocycles. The molecule has 1 atom stereocenters. The van der Waals surface area contributed by atoms with Gasteiger partial charge < -0.3 is 15.5 Å². The lowest BCUT2D eigenvalue weighted by Gasteiger charge is -2.40. The summed E-state index contributed by atoms with van der Waals surface area (Å²) in [6, 6.07) is 5.65. The SMILES string of the molecule is C=CC(=O)N1CCN(c2nc(=O)n(-c3c(C(C)C)ccnc3S(C)(=O)=O)c3nc(-c4cccnc4N)c(F)cc23)[C@@H](C)C1. The summed E-state index contributed by atoms with van der Waals surface area (Å²) in [5.41, 5.74) is 5.73. The van der Waals surface area contributed by atoms with E-state index in [4.69, 9.17) is 5.73 Å². The molecule has 12 nitrogen and oxygen atoms in total. The van der Waals surface area contributed by atoms with E-state index in [1.807, 2.05) is 25.7 Å². The van der Waals surface area contributed by atoms with Crippen LogP contribution in [0.2, 0.25) is 0 Å². The van der Waals surface area contributed by atoms with E-state index < -0.39 is 21.3 Å². The van der Waals surface area contributed by atoms with Gasteiger partial charge in [-0.1, -0.05) is 20.4 Å². The normalized spacial score (nSPS) is 15.7. The highest BCUT2D eigenvalue weighted by atomic mass is 32.2. The zero-order valence-corrected chi connectivity index (χ0v) is 25.0. The molecule has 224 valence electrons. The first-order valence-corrected chi connectivity index (χ1v) is 15.4. The molecule has 0 unspecified atom stereocenters. The maximum Gasteiger partial charge on any atom is 0.355 e. The molecule has 1 aliphatic heterocycles. The number of nitrogens with two attached hydrogens (primary N) is 1. The summed E-state index contributed by atoms with van der Waals surface area (Å²) < 4.78 is 42.9. The number of hydrogen-bond donors (Lipinski definition) is 1. The third-order valence-corrected chi connectivity index (χ3v) is 8.40. The number of carbonyl (C=O) groups is 1. The van der Waals surface area contributed by atoms with Gasteiger partial charge in [-0.3, -0.25) is 4.79 Å². The molecule has 0 spiro atoms. The van der Waals surface area contributed by atoms with Crippen LogP contribution in [0.25, 0.3) is 28.0 Å². The quantitative estimate of drug-likeness (QED) is 0.324. The maximum atomic E-state index is 15.9. The number of rotatable bonds is 6. The van der Waals surface area contributed by atoms with Gasteiger partial charge in [-0.05, 0) is 48.7 Å². The topological polar surface area (TPSA) is 157 Å². The molecular weight excluding hydrogens is 575 g/mol. The standard InChI is InChI=1S/C29H31FN8O4S/c1-6-22(39)36-12-13-37(17(4)15-36)26-20-14-21(30)23(19-8-7-10-32-25(19)31)34-27(20)38(29(40)35-26)24-18(16(2)3)9-11-33-28(24)43(5,41)42/h6-11,14,16-17H,1,12-13,15H2,2-5H3,(H2,31,32)/t17-/m0/s1. The smallest absolute Gasteiger partial charge is 0.355 e. The van der Waals surface area contributed by atoms with E-state index in [-0.39, 0.29) is 62.5 Å². The van der Waals surface area contributed by atoms with Gasteiger partial charge in [0.2, 0.25) is 5.91 Å². The van der Waals surface area contributed by atoms with Crippen LogP contribution >= 0.6 is 0 Å². The molecule has 1 fully saturated rings. The van der Waals surface area contributed by atoms with Crippen LogP contribution in [-0.2, 0) is 14.6 Å². The van der Waals surface area contributed by atoms with Crippen molar-refractivity contribution in [3.63, 3.8) is 0 Å². The van der Waals surface area contributed by atoms with Gasteiger partial charge in [-0.25, -0.2) is 37.1 Å². The average Bonchev–Trinajstić information content (AvgIpc) is 2.96. The van der Waals surface area contributed by atoms with Crippen LogP contribution < -0.4 is 16.3 Å². The second-order valence-electron chi connectivity index (χ2n) is 10.7. The fourth-order valence-electron chi connectivity index (χ4n) is 5.35. The van der Waals surface area contributed by atoms with Crippen LogP contribution in [0.5, 0.6) is 0 Å². The van der Waals surface area contributed by atoms with Crippen molar-refractivity contribution >= 4 is 38.4 Å². The molecule has 5 heterocycles. The van der Waals surface area contributed by atoms with Crippen molar-refractivity contribution in [2.75, 3.05) is 36.5 Å². The van der Waals surface area contributed by atoms with E-state index >= 15 is 4.39 Å². The molecule has 2 N–H and O–H groups in total. The Morgan fingerprint density at radius 2 is 1.93 bits per heavy atom. The molecule has 0 aromatic carbocycles. The summed E-state index contributed by atoms with van der Waals surface area (Å²) in [7, 11) is -3.94. The Morgan fingerprint density at radius 1 is 1.19 bits per heavy atom. The number of hydrogen-bond acceptors (Lipinski definition) is 10. The molecule has 0 radical (unpaired) electrons. The molecule has 14 heteroatoms. The van der Waals surface area contributed by atoms with Gasteiger partial charge in [0.1, 0.15) is 17.3 Å². The Bertz CT molecular complexity index is 1940. The zero-order chi connectivity index (χ0) is 31.2. The first-order chi connectivity index (χ1) is 20.3. The number of piperazine rings is 1. The first kappa shape index (κ1) is 29.8. The molecule has 0 aliphatic carbocycles. The molecule has 0 saturated carbocycles. The van der Waals surface area contributed by atoms with Gasteiger partial charge in [-0.15, -0.1) is 0 Å². The van der Waals surface area contributed by atoms with E-state index in [9.17, 15) is 18.0 Å². The Hall–Kier alpha value is -4.72. The van der Waals surface area contributed by atoms with Gasteiger partial charge in [0.25, 0.3) is 0 Å². The number of amides is 1. The molecule has 43 heavy (non-hydrogen) atoms. The highest BCUT2D eigenvalue weighted by Crippen LogP contribution is 2.35. The predicted octanol–water partition coefficient (Wildman–Crippen LogP) is 2.71. The molecule has 1 amide bonds. The fraction of sp³-hybridized carbons (Fsp3) is 0.310. The summed E-state index contributed by atoms with van der Waals surface area (Å²) >= 11 is 0. The third kappa shape index (κ3) is 5.33. The van der Waals surface area contributed by atoms with Gasteiger partial charge in [0.15, 0.2) is 26.3 Å². The number of anilines is 2. The van der Waals surface area contributed by atoms with Gasteiger partial charge >= 0.3 is 5.69 Å². The van der Waals surface area contributed by atoms with Crippen LogP contribution in [-0.4, -0.2) is 75.7 Å². The van der Waals surface area contributed by atoms with E-state index in [1.165, 1.54) is 24.5 Å². The molecule has 4 aromatic heterocycles. The minimum atomic E-state index is -3.94. The number of fused-ring (bicyclic) bond motifs is 1. The Labute approximate surface area is 247 Å². The Morgan fingerprint density at radius 3 is 2.56 bits per heavy atom. The van der Waals surface area contributed by atoms with E-state index in [1.54, 1.807) is 23.1 Å². The summed E-state index contributed by atoms with van der Waals surface area (Å²) in [4.78, 5) is 46.9. The lowest BCUT2D eigenvalue weighted by molar-refractivity contribution is -0.126. The number of aromatic nitrogens is 5. The van der Waals surface area contributed by atoms with Gasteiger partial charge in [0.05, 0.1) is 11.1 Å². The number of nitrogens with zero attached hydrogens (tertiary/aromatic N) is 7. The van der Waals surface area contributed by atoms with Gasteiger partial charge in [0, 0.05) is 49.9 Å². The lowest BCUT2D eigenvalue weighted by Crippen LogP contribution is -2.54. The van der Waals surface area contributed by atoms with Crippen LogP contribution in [0.3, 0.4) is 0 Å². The molecule has 5 rings (SSSR count). The lowest BCUT2D eigenvalue weighted by atomic mass is 10.0. The van der Waals surface area contributed by atoms with Crippen LogP contribution in [0, 0.1) is 5.82 Å². The summed E-state index contributed by atoms with van der Waals surface area (Å²) in [6.45, 7) is 10.0. The highest BCUT2D eigenvalue weighted by molar-refractivity contribution is 7.90. The Kier molecular flexibility index (Phi) is 7.73. The van der Waals surface area contributed by atoms with Crippen LogP contribution in [0.15, 0.2) is 59.1 Å². The van der Waals surface area contributed by atoms with Crippen molar-refractivity contribution in [1.82, 2.24) is 29.4 Å².